The minimum atomic E-state index is 0.760. The highest BCUT2D eigenvalue weighted by atomic mass is 79.9. The Hall–Kier alpha value is 0.140. The van der Waals surface area contributed by atoms with Crippen LogP contribution in [0.1, 0.15) is 31.1 Å². The minimum Gasteiger partial charge on any atom is -0.314 e. The molecule has 1 heterocycles. The maximum Gasteiger partial charge on any atom is 0.0701 e. The van der Waals surface area contributed by atoms with Crippen molar-refractivity contribution in [2.75, 3.05) is 6.54 Å². The first kappa shape index (κ1) is 11.6. The number of halogens is 1. The lowest BCUT2D eigenvalue weighted by Crippen LogP contribution is -2.32. The first-order valence-corrected chi connectivity index (χ1v) is 7.38. The molecule has 0 amide bonds. The molecule has 1 saturated carbocycles. The number of nitrogens with one attached hydrogen (secondary N) is 1. The standard InChI is InChI=1S/C12H18BrNS/c1-2-14-11-5-3-4-9(11)8-10-6-7-12(13)15-10/h6-7,9,11,14H,2-5,8H2,1H3. The summed E-state index contributed by atoms with van der Waals surface area (Å²) in [6, 6.07) is 5.18. The zero-order chi connectivity index (χ0) is 10.7. The van der Waals surface area contributed by atoms with Crippen molar-refractivity contribution in [3.8, 4) is 0 Å². The molecular weight excluding hydrogens is 270 g/mol. The van der Waals surface area contributed by atoms with Crippen LogP contribution in [0.2, 0.25) is 0 Å². The van der Waals surface area contributed by atoms with Gasteiger partial charge in [-0.3, -0.25) is 0 Å². The van der Waals surface area contributed by atoms with Crippen LogP contribution in [0.25, 0.3) is 0 Å². The Kier molecular flexibility index (Phi) is 4.23. The summed E-state index contributed by atoms with van der Waals surface area (Å²) in [6.07, 6.45) is 5.42. The Morgan fingerprint density at radius 2 is 2.33 bits per heavy atom. The van der Waals surface area contributed by atoms with E-state index in [1.165, 1.54) is 34.3 Å². The van der Waals surface area contributed by atoms with Crippen LogP contribution < -0.4 is 5.32 Å². The van der Waals surface area contributed by atoms with Crippen molar-refractivity contribution >= 4 is 27.3 Å². The third-order valence-electron chi connectivity index (χ3n) is 3.22. The summed E-state index contributed by atoms with van der Waals surface area (Å²) in [5.74, 6) is 0.857. The first-order valence-electron chi connectivity index (χ1n) is 5.77. The van der Waals surface area contributed by atoms with Crippen molar-refractivity contribution < 1.29 is 0 Å². The fourth-order valence-corrected chi connectivity index (χ4v) is 4.11. The van der Waals surface area contributed by atoms with E-state index in [-0.39, 0.29) is 0 Å². The Balaban J connectivity index is 1.93. The Morgan fingerprint density at radius 1 is 1.47 bits per heavy atom. The molecule has 2 atom stereocenters. The number of thiophene rings is 1. The molecule has 0 aliphatic heterocycles. The van der Waals surface area contributed by atoms with Crippen molar-refractivity contribution in [2.24, 2.45) is 5.92 Å². The topological polar surface area (TPSA) is 12.0 Å². The highest BCUT2D eigenvalue weighted by Crippen LogP contribution is 2.32. The zero-order valence-electron chi connectivity index (χ0n) is 9.13. The van der Waals surface area contributed by atoms with E-state index in [0.717, 1.165) is 18.5 Å². The van der Waals surface area contributed by atoms with Crippen molar-refractivity contribution in [3.63, 3.8) is 0 Å². The average molecular weight is 288 g/mol. The predicted octanol–water partition coefficient (Wildman–Crippen LogP) is 3.83. The molecule has 0 saturated heterocycles. The van der Waals surface area contributed by atoms with Gasteiger partial charge in [0, 0.05) is 10.9 Å². The average Bonchev–Trinajstić information content (AvgIpc) is 2.78. The van der Waals surface area contributed by atoms with E-state index in [1.807, 2.05) is 11.3 Å². The summed E-state index contributed by atoms with van der Waals surface area (Å²) in [4.78, 5) is 1.52. The molecule has 3 heteroatoms. The lowest BCUT2D eigenvalue weighted by Gasteiger charge is -2.19. The molecule has 1 aliphatic rings. The normalized spacial score (nSPS) is 26.0. The maximum absolute atomic E-state index is 3.61. The fourth-order valence-electron chi connectivity index (χ4n) is 2.53. The second-order valence-corrected chi connectivity index (χ2v) is 6.81. The van der Waals surface area contributed by atoms with Gasteiger partial charge in [-0.05, 0) is 59.8 Å². The second-order valence-electron chi connectivity index (χ2n) is 4.27. The van der Waals surface area contributed by atoms with E-state index in [9.17, 15) is 0 Å². The Morgan fingerprint density at radius 3 is 3.00 bits per heavy atom. The quantitative estimate of drug-likeness (QED) is 0.888. The minimum absolute atomic E-state index is 0.760. The molecule has 1 fully saturated rings. The highest BCUT2D eigenvalue weighted by molar-refractivity contribution is 9.11. The molecule has 0 aromatic carbocycles. The molecule has 1 aliphatic carbocycles. The predicted molar refractivity (Wildman–Crippen MR) is 70.5 cm³/mol. The molecule has 0 spiro atoms. The van der Waals surface area contributed by atoms with Gasteiger partial charge in [-0.1, -0.05) is 13.3 Å². The van der Waals surface area contributed by atoms with Gasteiger partial charge in [-0.2, -0.15) is 0 Å². The van der Waals surface area contributed by atoms with Crippen LogP contribution >= 0.6 is 27.3 Å². The van der Waals surface area contributed by atoms with Crippen LogP contribution in [0, 0.1) is 5.92 Å². The fraction of sp³-hybridized carbons (Fsp3) is 0.667. The summed E-state index contributed by atoms with van der Waals surface area (Å²) in [5.41, 5.74) is 0. The van der Waals surface area contributed by atoms with Gasteiger partial charge < -0.3 is 5.32 Å². The molecule has 1 nitrogen and oxygen atoms in total. The zero-order valence-corrected chi connectivity index (χ0v) is 11.5. The summed E-state index contributed by atoms with van der Waals surface area (Å²) >= 11 is 5.41. The van der Waals surface area contributed by atoms with Crippen LogP contribution in [0.5, 0.6) is 0 Å². The smallest absolute Gasteiger partial charge is 0.0701 e. The third-order valence-corrected chi connectivity index (χ3v) is 4.86. The van der Waals surface area contributed by atoms with Crippen molar-refractivity contribution in [1.29, 1.82) is 0 Å². The van der Waals surface area contributed by atoms with E-state index < -0.39 is 0 Å². The molecule has 1 aromatic heterocycles. The van der Waals surface area contributed by atoms with Gasteiger partial charge in [0.2, 0.25) is 0 Å². The number of hydrogen-bond acceptors (Lipinski definition) is 2. The molecular formula is C12H18BrNS. The molecule has 1 aromatic rings. The van der Waals surface area contributed by atoms with E-state index >= 15 is 0 Å². The second kappa shape index (κ2) is 5.46. The largest absolute Gasteiger partial charge is 0.314 e. The van der Waals surface area contributed by atoms with E-state index in [4.69, 9.17) is 0 Å². The van der Waals surface area contributed by atoms with Gasteiger partial charge in [-0.25, -0.2) is 0 Å². The molecule has 84 valence electrons. The van der Waals surface area contributed by atoms with Gasteiger partial charge in [-0.15, -0.1) is 11.3 Å². The van der Waals surface area contributed by atoms with Crippen molar-refractivity contribution in [1.82, 2.24) is 5.32 Å². The van der Waals surface area contributed by atoms with Crippen LogP contribution in [-0.4, -0.2) is 12.6 Å². The van der Waals surface area contributed by atoms with Gasteiger partial charge in [0.25, 0.3) is 0 Å². The van der Waals surface area contributed by atoms with Crippen LogP contribution in [0.15, 0.2) is 15.9 Å². The van der Waals surface area contributed by atoms with Crippen LogP contribution in [0.4, 0.5) is 0 Å². The van der Waals surface area contributed by atoms with E-state index in [1.54, 1.807) is 0 Å². The highest BCUT2D eigenvalue weighted by Gasteiger charge is 2.26. The maximum atomic E-state index is 3.61. The summed E-state index contributed by atoms with van der Waals surface area (Å²) in [7, 11) is 0. The first-order chi connectivity index (χ1) is 7.29. The van der Waals surface area contributed by atoms with Gasteiger partial charge in [0.1, 0.15) is 0 Å². The van der Waals surface area contributed by atoms with Crippen molar-refractivity contribution in [2.45, 2.75) is 38.6 Å². The molecule has 1 N–H and O–H groups in total. The Labute approximate surface area is 104 Å². The molecule has 0 radical (unpaired) electrons. The van der Waals surface area contributed by atoms with E-state index in [0.29, 0.717) is 0 Å². The van der Waals surface area contributed by atoms with E-state index in [2.05, 4.69) is 40.3 Å². The molecule has 2 unspecified atom stereocenters. The van der Waals surface area contributed by atoms with Gasteiger partial charge >= 0.3 is 0 Å². The number of hydrogen-bond donors (Lipinski definition) is 1. The van der Waals surface area contributed by atoms with Gasteiger partial charge in [0.15, 0.2) is 0 Å². The van der Waals surface area contributed by atoms with Gasteiger partial charge in [0.05, 0.1) is 3.79 Å². The third kappa shape index (κ3) is 3.05. The lowest BCUT2D eigenvalue weighted by atomic mass is 9.99. The van der Waals surface area contributed by atoms with Crippen LogP contribution in [-0.2, 0) is 6.42 Å². The SMILES string of the molecule is CCNC1CCCC1Cc1ccc(Br)s1. The number of rotatable bonds is 4. The molecule has 2 rings (SSSR count). The lowest BCUT2D eigenvalue weighted by molar-refractivity contribution is 0.408. The van der Waals surface area contributed by atoms with Crippen LogP contribution in [0.3, 0.4) is 0 Å². The van der Waals surface area contributed by atoms with Crippen molar-refractivity contribution in [3.05, 3.63) is 20.8 Å². The Bertz CT molecular complexity index is 310. The summed E-state index contributed by atoms with van der Waals surface area (Å²) in [6.45, 7) is 3.31. The molecule has 15 heavy (non-hydrogen) atoms. The summed E-state index contributed by atoms with van der Waals surface area (Å²) in [5, 5.41) is 3.61. The monoisotopic (exact) mass is 287 g/mol. The summed E-state index contributed by atoms with van der Waals surface area (Å²) < 4.78 is 1.26. The molecule has 0 bridgehead atoms.